The number of benzene rings is 1. The van der Waals surface area contributed by atoms with E-state index in [9.17, 15) is 0 Å². The lowest BCUT2D eigenvalue weighted by molar-refractivity contribution is 0.414. The third kappa shape index (κ3) is 2.63. The van der Waals surface area contributed by atoms with Gasteiger partial charge < -0.3 is 10.1 Å². The maximum Gasteiger partial charge on any atom is 0.118 e. The Morgan fingerprint density at radius 3 is 2.53 bits per heavy atom. The summed E-state index contributed by atoms with van der Waals surface area (Å²) < 4.78 is 5.20. The fourth-order valence-electron chi connectivity index (χ4n) is 2.45. The van der Waals surface area contributed by atoms with Gasteiger partial charge in [0, 0.05) is 6.04 Å². The molecule has 2 atom stereocenters. The van der Waals surface area contributed by atoms with Crippen LogP contribution in [0.3, 0.4) is 0 Å². The first kappa shape index (κ1) is 12.4. The van der Waals surface area contributed by atoms with E-state index < -0.39 is 0 Å². The number of nitrogens with one attached hydrogen (secondary N) is 1. The van der Waals surface area contributed by atoms with E-state index in [1.807, 2.05) is 0 Å². The molecular formula is C15H23NO. The molecule has 0 radical (unpaired) electrons. The second-order valence-corrected chi connectivity index (χ2v) is 5.61. The first-order valence-electron chi connectivity index (χ1n) is 6.44. The van der Waals surface area contributed by atoms with Crippen molar-refractivity contribution in [3.05, 3.63) is 29.8 Å². The molecule has 2 nitrogen and oxygen atoms in total. The van der Waals surface area contributed by atoms with E-state index in [1.54, 1.807) is 7.11 Å². The molecule has 0 aromatic heterocycles. The molecule has 94 valence electrons. The summed E-state index contributed by atoms with van der Waals surface area (Å²) in [5.74, 6) is 1.72. The number of hydrogen-bond donors (Lipinski definition) is 1. The third-order valence-electron chi connectivity index (χ3n) is 3.93. The van der Waals surface area contributed by atoms with E-state index in [0.717, 1.165) is 18.2 Å². The molecule has 0 spiro atoms. The second kappa shape index (κ2) is 4.69. The third-order valence-corrected chi connectivity index (χ3v) is 3.93. The predicted octanol–water partition coefficient (Wildman–Crippen LogP) is 2.97. The van der Waals surface area contributed by atoms with Crippen LogP contribution in [0.25, 0.3) is 0 Å². The van der Waals surface area contributed by atoms with Gasteiger partial charge >= 0.3 is 0 Å². The molecule has 17 heavy (non-hydrogen) atoms. The van der Waals surface area contributed by atoms with Crippen LogP contribution >= 0.6 is 0 Å². The van der Waals surface area contributed by atoms with Crippen molar-refractivity contribution in [1.29, 1.82) is 0 Å². The molecule has 0 heterocycles. The Labute approximate surface area is 104 Å². The molecule has 1 aliphatic carbocycles. The van der Waals surface area contributed by atoms with Crippen LogP contribution in [0.1, 0.15) is 32.8 Å². The van der Waals surface area contributed by atoms with Crippen molar-refractivity contribution in [3.8, 4) is 5.75 Å². The fourth-order valence-corrected chi connectivity index (χ4v) is 2.45. The molecule has 1 fully saturated rings. The molecule has 2 rings (SSSR count). The van der Waals surface area contributed by atoms with E-state index in [4.69, 9.17) is 4.74 Å². The number of ether oxygens (including phenoxy) is 1. The van der Waals surface area contributed by atoms with Gasteiger partial charge in [-0.3, -0.25) is 0 Å². The monoisotopic (exact) mass is 233 g/mol. The minimum atomic E-state index is 0.369. The maximum atomic E-state index is 5.20. The van der Waals surface area contributed by atoms with Gasteiger partial charge in [-0.25, -0.2) is 0 Å². The lowest BCUT2D eigenvalue weighted by Crippen LogP contribution is -2.26. The average molecular weight is 233 g/mol. The zero-order valence-corrected chi connectivity index (χ0v) is 11.3. The molecular weight excluding hydrogens is 210 g/mol. The lowest BCUT2D eigenvalue weighted by atomic mass is 9.95. The zero-order valence-electron chi connectivity index (χ0n) is 11.3. The molecule has 0 amide bonds. The Morgan fingerprint density at radius 1 is 1.35 bits per heavy atom. The van der Waals surface area contributed by atoms with E-state index in [1.165, 1.54) is 12.0 Å². The van der Waals surface area contributed by atoms with Crippen molar-refractivity contribution in [3.63, 3.8) is 0 Å². The summed E-state index contributed by atoms with van der Waals surface area (Å²) in [5.41, 5.74) is 1.81. The van der Waals surface area contributed by atoms with Gasteiger partial charge in [-0.1, -0.05) is 32.9 Å². The summed E-state index contributed by atoms with van der Waals surface area (Å²) in [6, 6.07) is 9.11. The predicted molar refractivity (Wildman–Crippen MR) is 71.6 cm³/mol. The summed E-state index contributed by atoms with van der Waals surface area (Å²) in [5, 5.41) is 3.53. The minimum Gasteiger partial charge on any atom is -0.497 e. The molecule has 1 aromatic carbocycles. The standard InChI is InChI=1S/C15H23NO/c1-11(2)16-10-13-9-15(13,3)12-5-7-14(17-4)8-6-12/h5-8,11,13,16H,9-10H2,1-4H3. The van der Waals surface area contributed by atoms with Crippen LogP contribution in [0.4, 0.5) is 0 Å². The van der Waals surface area contributed by atoms with Crippen LogP contribution < -0.4 is 10.1 Å². The van der Waals surface area contributed by atoms with Gasteiger partial charge in [-0.2, -0.15) is 0 Å². The Hall–Kier alpha value is -1.02. The van der Waals surface area contributed by atoms with Crippen LogP contribution in [-0.2, 0) is 5.41 Å². The summed E-state index contributed by atoms with van der Waals surface area (Å²) in [6.45, 7) is 7.89. The van der Waals surface area contributed by atoms with Crippen LogP contribution in [0, 0.1) is 5.92 Å². The quantitative estimate of drug-likeness (QED) is 0.844. The van der Waals surface area contributed by atoms with E-state index >= 15 is 0 Å². The van der Waals surface area contributed by atoms with Gasteiger partial charge in [-0.05, 0) is 42.0 Å². The molecule has 1 N–H and O–H groups in total. The highest BCUT2D eigenvalue weighted by Gasteiger charge is 2.50. The van der Waals surface area contributed by atoms with E-state index in [2.05, 4.69) is 50.4 Å². The van der Waals surface area contributed by atoms with Crippen molar-refractivity contribution >= 4 is 0 Å². The molecule has 1 aliphatic rings. The summed E-state index contributed by atoms with van der Waals surface area (Å²) in [6.07, 6.45) is 1.29. The van der Waals surface area contributed by atoms with Gasteiger partial charge in [0.05, 0.1) is 7.11 Å². The highest BCUT2D eigenvalue weighted by molar-refractivity contribution is 5.37. The van der Waals surface area contributed by atoms with Crippen LogP contribution in [0.5, 0.6) is 5.75 Å². The average Bonchev–Trinajstić information content (AvgIpc) is 2.99. The molecule has 1 aromatic rings. The molecule has 0 aliphatic heterocycles. The largest absolute Gasteiger partial charge is 0.497 e. The highest BCUT2D eigenvalue weighted by Crippen LogP contribution is 2.53. The normalized spacial score (nSPS) is 27.2. The lowest BCUT2D eigenvalue weighted by Gasteiger charge is -2.14. The first-order valence-corrected chi connectivity index (χ1v) is 6.44. The Morgan fingerprint density at radius 2 is 2.00 bits per heavy atom. The van der Waals surface area contributed by atoms with Crippen LogP contribution in [-0.4, -0.2) is 19.7 Å². The zero-order chi connectivity index (χ0) is 12.5. The summed E-state index contributed by atoms with van der Waals surface area (Å²) in [4.78, 5) is 0. The number of hydrogen-bond acceptors (Lipinski definition) is 2. The number of rotatable bonds is 5. The van der Waals surface area contributed by atoms with E-state index in [0.29, 0.717) is 11.5 Å². The first-order chi connectivity index (χ1) is 8.06. The van der Waals surface area contributed by atoms with Crippen molar-refractivity contribution in [2.45, 2.75) is 38.6 Å². The number of methoxy groups -OCH3 is 1. The fraction of sp³-hybridized carbons (Fsp3) is 0.600. The van der Waals surface area contributed by atoms with Gasteiger partial charge in [0.15, 0.2) is 0 Å². The smallest absolute Gasteiger partial charge is 0.118 e. The van der Waals surface area contributed by atoms with Gasteiger partial charge in [0.2, 0.25) is 0 Å². The van der Waals surface area contributed by atoms with Crippen molar-refractivity contribution in [2.24, 2.45) is 5.92 Å². The molecule has 0 bridgehead atoms. The van der Waals surface area contributed by atoms with Gasteiger partial charge in [-0.15, -0.1) is 0 Å². The SMILES string of the molecule is COc1ccc(C2(C)CC2CNC(C)C)cc1. The summed E-state index contributed by atoms with van der Waals surface area (Å²) >= 11 is 0. The maximum absolute atomic E-state index is 5.20. The Balaban J connectivity index is 1.98. The molecule has 2 unspecified atom stereocenters. The minimum absolute atomic E-state index is 0.369. The Bertz CT molecular complexity index is 371. The van der Waals surface area contributed by atoms with Crippen molar-refractivity contribution < 1.29 is 4.74 Å². The Kier molecular flexibility index (Phi) is 3.43. The molecule has 2 heteroatoms. The van der Waals surface area contributed by atoms with E-state index in [-0.39, 0.29) is 0 Å². The van der Waals surface area contributed by atoms with Crippen molar-refractivity contribution in [2.75, 3.05) is 13.7 Å². The van der Waals surface area contributed by atoms with Crippen molar-refractivity contribution in [1.82, 2.24) is 5.32 Å². The summed E-state index contributed by atoms with van der Waals surface area (Å²) in [7, 11) is 1.71. The topological polar surface area (TPSA) is 21.3 Å². The van der Waals surface area contributed by atoms with Crippen LogP contribution in [0.2, 0.25) is 0 Å². The van der Waals surface area contributed by atoms with Gasteiger partial charge in [0.1, 0.15) is 5.75 Å². The van der Waals surface area contributed by atoms with Crippen LogP contribution in [0.15, 0.2) is 24.3 Å². The molecule has 1 saturated carbocycles. The molecule has 0 saturated heterocycles. The van der Waals surface area contributed by atoms with Gasteiger partial charge in [0.25, 0.3) is 0 Å². The highest BCUT2D eigenvalue weighted by atomic mass is 16.5. The second-order valence-electron chi connectivity index (χ2n) is 5.61.